The standard InChI is InChI=1S/C13H20F2N3O6P/c1-3-22-25(21,23-4-2)7-8-10(19)13(14,15)11(24-8)18-6-5-9(16)17-12(18)20/h5-6,8,10-11,19H,3-4,7H2,1-2H3,(H2,16,17,20)/t8-,10-,11-/m1/s1. The zero-order valence-corrected chi connectivity index (χ0v) is 14.6. The Morgan fingerprint density at radius 1 is 1.44 bits per heavy atom. The normalized spacial score (nSPS) is 26.0. The van der Waals surface area contributed by atoms with Gasteiger partial charge in [-0.15, -0.1) is 0 Å². The maximum absolute atomic E-state index is 14.4. The van der Waals surface area contributed by atoms with Crippen LogP contribution in [0.3, 0.4) is 0 Å². The third kappa shape index (κ3) is 4.06. The number of hydrogen-bond acceptors (Lipinski definition) is 8. The quantitative estimate of drug-likeness (QED) is 0.668. The number of nitrogens with zero attached hydrogens (tertiary/aromatic N) is 2. The molecule has 1 aromatic rings. The van der Waals surface area contributed by atoms with Crippen LogP contribution in [0.2, 0.25) is 0 Å². The zero-order chi connectivity index (χ0) is 18.8. The van der Waals surface area contributed by atoms with Crippen LogP contribution in [0.15, 0.2) is 17.1 Å². The molecule has 0 spiro atoms. The highest BCUT2D eigenvalue weighted by Crippen LogP contribution is 2.53. The molecule has 1 aliphatic rings. The highest BCUT2D eigenvalue weighted by Gasteiger charge is 2.60. The number of hydrogen-bond donors (Lipinski definition) is 2. The van der Waals surface area contributed by atoms with Gasteiger partial charge in [-0.05, 0) is 19.9 Å². The molecule has 12 heteroatoms. The monoisotopic (exact) mass is 383 g/mol. The van der Waals surface area contributed by atoms with Crippen LogP contribution in [-0.2, 0) is 18.3 Å². The molecule has 1 saturated heterocycles. The predicted molar refractivity (Wildman–Crippen MR) is 83.5 cm³/mol. The number of alkyl halides is 2. The number of ether oxygens (including phenoxy) is 1. The second-order valence-electron chi connectivity index (χ2n) is 5.32. The molecule has 1 aliphatic heterocycles. The van der Waals surface area contributed by atoms with Crippen molar-refractivity contribution in [1.82, 2.24) is 9.55 Å². The third-order valence-electron chi connectivity index (χ3n) is 3.54. The van der Waals surface area contributed by atoms with Crippen molar-refractivity contribution >= 4 is 13.4 Å². The third-order valence-corrected chi connectivity index (χ3v) is 5.65. The summed E-state index contributed by atoms with van der Waals surface area (Å²) < 4.78 is 57.0. The second kappa shape index (κ2) is 7.46. The molecule has 0 amide bonds. The van der Waals surface area contributed by atoms with Gasteiger partial charge in [0.25, 0.3) is 0 Å². The Kier molecular flexibility index (Phi) is 5.95. The van der Waals surface area contributed by atoms with Crippen LogP contribution in [0.25, 0.3) is 0 Å². The summed E-state index contributed by atoms with van der Waals surface area (Å²) in [5.74, 6) is -3.97. The maximum Gasteiger partial charge on any atom is 0.351 e. The van der Waals surface area contributed by atoms with Crippen LogP contribution in [-0.4, -0.2) is 52.2 Å². The summed E-state index contributed by atoms with van der Waals surface area (Å²) >= 11 is 0. The summed E-state index contributed by atoms with van der Waals surface area (Å²) in [6.07, 6.45) is -5.59. The first-order valence-electron chi connectivity index (χ1n) is 7.58. The molecule has 142 valence electrons. The van der Waals surface area contributed by atoms with Gasteiger partial charge in [-0.3, -0.25) is 9.13 Å². The van der Waals surface area contributed by atoms with Crippen molar-refractivity contribution in [3.8, 4) is 0 Å². The molecule has 0 bridgehead atoms. The number of anilines is 1. The van der Waals surface area contributed by atoms with Crippen molar-refractivity contribution in [3.05, 3.63) is 22.7 Å². The zero-order valence-electron chi connectivity index (χ0n) is 13.7. The molecule has 0 unspecified atom stereocenters. The Hall–Kier alpha value is -1.39. The minimum Gasteiger partial charge on any atom is -0.384 e. The fourth-order valence-electron chi connectivity index (χ4n) is 2.48. The lowest BCUT2D eigenvalue weighted by Gasteiger charge is -2.22. The van der Waals surface area contributed by atoms with Gasteiger partial charge in [0.15, 0.2) is 0 Å². The second-order valence-corrected chi connectivity index (χ2v) is 7.42. The van der Waals surface area contributed by atoms with E-state index in [1.54, 1.807) is 13.8 Å². The Balaban J connectivity index is 2.29. The first kappa shape index (κ1) is 19.9. The lowest BCUT2D eigenvalue weighted by atomic mass is 10.1. The Morgan fingerprint density at radius 2 is 2.04 bits per heavy atom. The molecule has 3 atom stereocenters. The summed E-state index contributed by atoms with van der Waals surface area (Å²) in [5, 5.41) is 9.93. The van der Waals surface area contributed by atoms with Crippen molar-refractivity contribution in [3.63, 3.8) is 0 Å². The SMILES string of the molecule is CCOP(=O)(C[C@H]1O[C@@H](n2ccc(N)nc2=O)C(F)(F)[C@@H]1O)OCC. The van der Waals surface area contributed by atoms with Crippen molar-refractivity contribution in [2.75, 3.05) is 25.1 Å². The first-order valence-corrected chi connectivity index (χ1v) is 9.31. The minimum atomic E-state index is -3.82. The van der Waals surface area contributed by atoms with E-state index in [0.29, 0.717) is 4.57 Å². The van der Waals surface area contributed by atoms with Gasteiger partial charge in [-0.2, -0.15) is 13.8 Å². The minimum absolute atomic E-state index is 0.0290. The van der Waals surface area contributed by atoms with E-state index in [4.69, 9.17) is 19.5 Å². The molecule has 2 rings (SSSR count). The Bertz CT molecular complexity index is 705. The van der Waals surface area contributed by atoms with Crippen molar-refractivity contribution < 1.29 is 32.2 Å². The highest BCUT2D eigenvalue weighted by atomic mass is 31.2. The largest absolute Gasteiger partial charge is 0.384 e. The van der Waals surface area contributed by atoms with Gasteiger partial charge in [-0.1, -0.05) is 0 Å². The van der Waals surface area contributed by atoms with Gasteiger partial charge in [0.05, 0.1) is 19.4 Å². The summed E-state index contributed by atoms with van der Waals surface area (Å²) in [6, 6.07) is 1.14. The van der Waals surface area contributed by atoms with Gasteiger partial charge in [-0.25, -0.2) is 4.79 Å². The van der Waals surface area contributed by atoms with Crippen LogP contribution >= 0.6 is 7.60 Å². The van der Waals surface area contributed by atoms with E-state index in [1.807, 2.05) is 0 Å². The lowest BCUT2D eigenvalue weighted by molar-refractivity contribution is -0.140. The number of aliphatic hydroxyl groups is 1. The Labute approximate surface area is 142 Å². The molecule has 0 aliphatic carbocycles. The number of aromatic nitrogens is 2. The van der Waals surface area contributed by atoms with Gasteiger partial charge >= 0.3 is 19.2 Å². The first-order chi connectivity index (χ1) is 11.6. The van der Waals surface area contributed by atoms with E-state index in [9.17, 15) is 23.2 Å². The van der Waals surface area contributed by atoms with Gasteiger partial charge in [0, 0.05) is 6.20 Å². The molecule has 1 fully saturated rings. The smallest absolute Gasteiger partial charge is 0.351 e. The number of rotatable bonds is 7. The number of nitrogens with two attached hydrogens (primary N) is 1. The summed E-state index contributed by atoms with van der Waals surface area (Å²) in [7, 11) is -3.74. The number of halogens is 2. The van der Waals surface area contributed by atoms with Crippen molar-refractivity contribution in [1.29, 1.82) is 0 Å². The van der Waals surface area contributed by atoms with Gasteiger partial charge in [0.2, 0.25) is 6.23 Å². The average Bonchev–Trinajstić information content (AvgIpc) is 2.71. The lowest BCUT2D eigenvalue weighted by Crippen LogP contribution is -2.41. The summed E-state index contributed by atoms with van der Waals surface area (Å²) in [5.41, 5.74) is 4.27. The van der Waals surface area contributed by atoms with E-state index < -0.39 is 43.8 Å². The van der Waals surface area contributed by atoms with Crippen LogP contribution in [0, 0.1) is 0 Å². The predicted octanol–water partition coefficient (Wildman–Crippen LogP) is 0.985. The van der Waals surface area contributed by atoms with Crippen LogP contribution < -0.4 is 11.4 Å². The average molecular weight is 383 g/mol. The summed E-state index contributed by atoms with van der Waals surface area (Å²) in [4.78, 5) is 15.1. The highest BCUT2D eigenvalue weighted by molar-refractivity contribution is 7.53. The van der Waals surface area contributed by atoms with Crippen molar-refractivity contribution in [2.24, 2.45) is 0 Å². The van der Waals surface area contributed by atoms with Crippen LogP contribution in [0.1, 0.15) is 20.1 Å². The Morgan fingerprint density at radius 3 is 2.56 bits per heavy atom. The van der Waals surface area contributed by atoms with E-state index in [-0.39, 0.29) is 19.0 Å². The van der Waals surface area contributed by atoms with Gasteiger partial charge in [0.1, 0.15) is 18.0 Å². The van der Waals surface area contributed by atoms with Crippen molar-refractivity contribution in [2.45, 2.75) is 38.2 Å². The van der Waals surface area contributed by atoms with Crippen LogP contribution in [0.5, 0.6) is 0 Å². The molecule has 9 nitrogen and oxygen atoms in total. The molecule has 0 aromatic carbocycles. The summed E-state index contributed by atoms with van der Waals surface area (Å²) in [6.45, 7) is 3.19. The van der Waals surface area contributed by atoms with Crippen LogP contribution in [0.4, 0.5) is 14.6 Å². The molecular formula is C13H20F2N3O6P. The number of nitrogen functional groups attached to an aromatic ring is 1. The van der Waals surface area contributed by atoms with E-state index >= 15 is 0 Å². The van der Waals surface area contributed by atoms with E-state index in [0.717, 1.165) is 12.3 Å². The fourth-order valence-corrected chi connectivity index (χ4v) is 4.28. The fraction of sp³-hybridized carbons (Fsp3) is 0.692. The molecule has 25 heavy (non-hydrogen) atoms. The molecule has 0 saturated carbocycles. The molecule has 2 heterocycles. The molecule has 1 aromatic heterocycles. The van der Waals surface area contributed by atoms with Gasteiger partial charge < -0.3 is 24.6 Å². The number of aliphatic hydroxyl groups excluding tert-OH is 1. The molecule has 0 radical (unpaired) electrons. The maximum atomic E-state index is 14.4. The van der Waals surface area contributed by atoms with E-state index in [1.165, 1.54) is 0 Å². The molecule has 3 N–H and O–H groups in total. The topological polar surface area (TPSA) is 126 Å². The van der Waals surface area contributed by atoms with E-state index in [2.05, 4.69) is 4.98 Å². The molecular weight excluding hydrogens is 363 g/mol.